The monoisotopic (exact) mass is 365 g/mol. The van der Waals surface area contributed by atoms with Gasteiger partial charge < -0.3 is 11.1 Å². The highest BCUT2D eigenvalue weighted by Crippen LogP contribution is 2.26. The predicted octanol–water partition coefficient (Wildman–Crippen LogP) is 2.89. The summed E-state index contributed by atoms with van der Waals surface area (Å²) in [5.41, 5.74) is 5.75. The minimum Gasteiger partial charge on any atom is -0.384 e. The van der Waals surface area contributed by atoms with E-state index in [2.05, 4.69) is 36.1 Å². The zero-order valence-corrected chi connectivity index (χ0v) is 16.1. The second-order valence-corrected chi connectivity index (χ2v) is 7.53. The third-order valence-corrected chi connectivity index (χ3v) is 4.88. The number of nitrogens with two attached hydrogens (primary N) is 1. The number of hydrogen-bond acceptors (Lipinski definition) is 6. The van der Waals surface area contributed by atoms with Gasteiger partial charge in [0.05, 0.1) is 5.69 Å². The van der Waals surface area contributed by atoms with Gasteiger partial charge in [0.25, 0.3) is 5.56 Å². The average Bonchev–Trinajstić information content (AvgIpc) is 2.94. The van der Waals surface area contributed by atoms with Gasteiger partial charge in [-0.25, -0.2) is 9.78 Å². The summed E-state index contributed by atoms with van der Waals surface area (Å²) >= 11 is 1.43. The Hall–Kier alpha value is -2.09. The van der Waals surface area contributed by atoms with Gasteiger partial charge in [0.15, 0.2) is 5.13 Å². The molecule has 2 heterocycles. The van der Waals surface area contributed by atoms with Crippen LogP contribution in [-0.2, 0) is 6.54 Å². The van der Waals surface area contributed by atoms with Crippen molar-refractivity contribution in [2.75, 3.05) is 11.1 Å². The van der Waals surface area contributed by atoms with Gasteiger partial charge in [-0.2, -0.15) is 0 Å². The second-order valence-electron chi connectivity index (χ2n) is 6.67. The molecule has 0 saturated carbocycles. The number of nitrogen functional groups attached to an aromatic ring is 1. The Morgan fingerprint density at radius 1 is 1.32 bits per heavy atom. The molecule has 2 aromatic rings. The van der Waals surface area contributed by atoms with Gasteiger partial charge in [-0.1, -0.05) is 26.7 Å². The molecule has 1 atom stereocenters. The molecular weight excluding hydrogens is 338 g/mol. The summed E-state index contributed by atoms with van der Waals surface area (Å²) in [7, 11) is 0. The van der Waals surface area contributed by atoms with Crippen LogP contribution >= 0.6 is 11.3 Å². The molecule has 7 nitrogen and oxygen atoms in total. The van der Waals surface area contributed by atoms with Crippen LogP contribution in [0.2, 0.25) is 0 Å². The lowest BCUT2D eigenvalue weighted by Gasteiger charge is -2.13. The van der Waals surface area contributed by atoms with Gasteiger partial charge in [0, 0.05) is 18.0 Å². The molecule has 0 saturated heterocycles. The first-order valence-electron chi connectivity index (χ1n) is 8.68. The third-order valence-electron chi connectivity index (χ3n) is 4.10. The van der Waals surface area contributed by atoms with Crippen molar-refractivity contribution in [2.45, 2.75) is 59.5 Å². The molecule has 0 aliphatic rings. The first-order valence-corrected chi connectivity index (χ1v) is 9.56. The molecule has 0 bridgehead atoms. The predicted molar refractivity (Wildman–Crippen MR) is 104 cm³/mol. The summed E-state index contributed by atoms with van der Waals surface area (Å²) in [5.74, 6) is 0.862. The van der Waals surface area contributed by atoms with E-state index in [1.54, 1.807) is 12.3 Å². The highest BCUT2D eigenvalue weighted by molar-refractivity contribution is 7.14. The SMILES string of the molecule is CCn1c(N)c(-c2csc(N[C@H](C)CCCC(C)C)n2)c(=O)[nH]c1=O. The first-order chi connectivity index (χ1) is 11.8. The smallest absolute Gasteiger partial charge is 0.329 e. The van der Waals surface area contributed by atoms with Crippen LogP contribution in [-0.4, -0.2) is 20.6 Å². The van der Waals surface area contributed by atoms with Crippen LogP contribution in [0.5, 0.6) is 0 Å². The van der Waals surface area contributed by atoms with E-state index in [0.717, 1.165) is 18.0 Å². The summed E-state index contributed by atoms with van der Waals surface area (Å²) in [5, 5.41) is 5.91. The molecule has 0 radical (unpaired) electrons. The lowest BCUT2D eigenvalue weighted by molar-refractivity contribution is 0.520. The molecule has 0 amide bonds. The van der Waals surface area contributed by atoms with Crippen molar-refractivity contribution in [1.29, 1.82) is 0 Å². The molecule has 2 aromatic heterocycles. The number of anilines is 2. The fourth-order valence-electron chi connectivity index (χ4n) is 2.72. The van der Waals surface area contributed by atoms with E-state index >= 15 is 0 Å². The van der Waals surface area contributed by atoms with E-state index in [1.165, 1.54) is 22.3 Å². The van der Waals surface area contributed by atoms with Crippen LogP contribution in [0.3, 0.4) is 0 Å². The van der Waals surface area contributed by atoms with Crippen LogP contribution in [0, 0.1) is 5.92 Å². The van der Waals surface area contributed by atoms with Gasteiger partial charge in [-0.15, -0.1) is 11.3 Å². The molecule has 0 fully saturated rings. The number of aromatic amines is 1. The third kappa shape index (κ3) is 4.72. The molecular formula is C17H27N5O2S. The number of aromatic nitrogens is 3. The van der Waals surface area contributed by atoms with E-state index in [0.29, 0.717) is 24.2 Å². The van der Waals surface area contributed by atoms with E-state index in [1.807, 2.05) is 0 Å². The summed E-state index contributed by atoms with van der Waals surface area (Å²) < 4.78 is 1.33. The van der Waals surface area contributed by atoms with Crippen molar-refractivity contribution in [3.8, 4) is 11.3 Å². The van der Waals surface area contributed by atoms with Gasteiger partial charge in [-0.05, 0) is 26.2 Å². The number of hydrogen-bond donors (Lipinski definition) is 3. The van der Waals surface area contributed by atoms with Gasteiger partial charge in [-0.3, -0.25) is 14.3 Å². The number of thiazole rings is 1. The van der Waals surface area contributed by atoms with Crippen LogP contribution in [0.25, 0.3) is 11.3 Å². The maximum Gasteiger partial charge on any atom is 0.329 e. The Kier molecular flexibility index (Phi) is 6.41. The first kappa shape index (κ1) is 19.2. The van der Waals surface area contributed by atoms with E-state index in [-0.39, 0.29) is 11.4 Å². The van der Waals surface area contributed by atoms with E-state index in [9.17, 15) is 9.59 Å². The summed E-state index contributed by atoms with van der Waals surface area (Å²) in [6, 6.07) is 0.304. The maximum atomic E-state index is 12.2. The standard InChI is InChI=1S/C17H27N5O2S/c1-5-22-14(18)13(15(23)21-17(22)24)12-9-25-16(20-12)19-11(4)8-6-7-10(2)3/h9-11H,5-8,18H2,1-4H3,(H,19,20)(H,21,23,24)/t11-/m1/s1. The topological polar surface area (TPSA) is 106 Å². The highest BCUT2D eigenvalue weighted by Gasteiger charge is 2.17. The Morgan fingerprint density at radius 2 is 2.04 bits per heavy atom. The molecule has 0 spiro atoms. The maximum absolute atomic E-state index is 12.2. The van der Waals surface area contributed by atoms with Crippen LogP contribution in [0.1, 0.15) is 47.0 Å². The lowest BCUT2D eigenvalue weighted by atomic mass is 10.0. The quantitative estimate of drug-likeness (QED) is 0.667. The van der Waals surface area contributed by atoms with E-state index in [4.69, 9.17) is 5.73 Å². The Morgan fingerprint density at radius 3 is 2.68 bits per heavy atom. The molecule has 2 rings (SSSR count). The normalized spacial score (nSPS) is 12.5. The molecule has 25 heavy (non-hydrogen) atoms. The molecule has 0 unspecified atom stereocenters. The lowest BCUT2D eigenvalue weighted by Crippen LogP contribution is -2.33. The number of nitrogens with zero attached hydrogens (tertiary/aromatic N) is 2. The Labute approximate surface area is 151 Å². The number of nitrogens with one attached hydrogen (secondary N) is 2. The Balaban J connectivity index is 2.17. The van der Waals surface area contributed by atoms with Crippen LogP contribution in [0.4, 0.5) is 10.9 Å². The van der Waals surface area contributed by atoms with Gasteiger partial charge in [0.2, 0.25) is 0 Å². The molecule has 4 N–H and O–H groups in total. The van der Waals surface area contributed by atoms with Crippen molar-refractivity contribution >= 4 is 22.3 Å². The molecule has 0 aliphatic carbocycles. The second kappa shape index (κ2) is 8.33. The van der Waals surface area contributed by atoms with Crippen LogP contribution in [0.15, 0.2) is 15.0 Å². The molecule has 8 heteroatoms. The van der Waals surface area contributed by atoms with Crippen molar-refractivity contribution < 1.29 is 0 Å². The van der Waals surface area contributed by atoms with Crippen LogP contribution < -0.4 is 22.3 Å². The van der Waals surface area contributed by atoms with Gasteiger partial charge in [0.1, 0.15) is 11.4 Å². The van der Waals surface area contributed by atoms with Crippen molar-refractivity contribution in [1.82, 2.24) is 14.5 Å². The zero-order valence-electron chi connectivity index (χ0n) is 15.3. The summed E-state index contributed by atoms with van der Waals surface area (Å²) in [6.07, 6.45) is 3.44. The molecule has 0 aromatic carbocycles. The van der Waals surface area contributed by atoms with Gasteiger partial charge >= 0.3 is 5.69 Å². The van der Waals surface area contributed by atoms with Crippen molar-refractivity contribution in [3.63, 3.8) is 0 Å². The molecule has 138 valence electrons. The fourth-order valence-corrected chi connectivity index (χ4v) is 3.53. The fraction of sp³-hybridized carbons (Fsp3) is 0.588. The minimum atomic E-state index is -0.506. The highest BCUT2D eigenvalue weighted by atomic mass is 32.1. The Bertz CT molecular complexity index is 821. The summed E-state index contributed by atoms with van der Waals surface area (Å²) in [6.45, 7) is 8.76. The molecule has 0 aliphatic heterocycles. The van der Waals surface area contributed by atoms with E-state index < -0.39 is 11.2 Å². The minimum absolute atomic E-state index is 0.151. The summed E-state index contributed by atoms with van der Waals surface area (Å²) in [4.78, 5) is 30.7. The largest absolute Gasteiger partial charge is 0.384 e. The van der Waals surface area contributed by atoms with Crippen molar-refractivity contribution in [2.24, 2.45) is 5.92 Å². The number of rotatable bonds is 8. The zero-order chi connectivity index (χ0) is 18.6. The average molecular weight is 366 g/mol. The number of H-pyrrole nitrogens is 1. The van der Waals surface area contributed by atoms with Crippen molar-refractivity contribution in [3.05, 3.63) is 26.2 Å².